The molecule has 0 unspecified atom stereocenters. The fourth-order valence-corrected chi connectivity index (χ4v) is 2.97. The lowest BCUT2D eigenvalue weighted by molar-refractivity contribution is 0.0158. The van der Waals surface area contributed by atoms with E-state index in [-0.39, 0.29) is 12.1 Å². The maximum atomic E-state index is 12.2. The number of amides is 1. The largest absolute Gasteiger partial charge is 0.444 e. The highest BCUT2D eigenvalue weighted by molar-refractivity contribution is 9.10. The van der Waals surface area contributed by atoms with Crippen molar-refractivity contribution in [2.24, 2.45) is 0 Å². The molecule has 0 aliphatic carbocycles. The minimum atomic E-state index is -0.463. The molecule has 0 N–H and O–H groups in total. The van der Waals surface area contributed by atoms with E-state index in [0.717, 1.165) is 28.9 Å². The Morgan fingerprint density at radius 1 is 1.41 bits per heavy atom. The molecule has 0 saturated carbocycles. The van der Waals surface area contributed by atoms with Gasteiger partial charge in [-0.2, -0.15) is 0 Å². The molecule has 0 aromatic carbocycles. The monoisotopic (exact) mass is 369 g/mol. The summed E-state index contributed by atoms with van der Waals surface area (Å²) in [5.41, 5.74) is 0.696. The number of carbonyl (C=O) groups excluding carboxylic acids is 1. The maximum absolute atomic E-state index is 12.2. The lowest BCUT2D eigenvalue weighted by Crippen LogP contribution is -2.55. The number of aromatic nitrogens is 1. The summed E-state index contributed by atoms with van der Waals surface area (Å²) in [7, 11) is 0. The molecule has 1 atom stereocenters. The number of pyridine rings is 1. The van der Waals surface area contributed by atoms with E-state index in [4.69, 9.17) is 4.74 Å². The molecule has 22 heavy (non-hydrogen) atoms. The molecule has 1 aromatic rings. The van der Waals surface area contributed by atoms with Gasteiger partial charge >= 0.3 is 6.09 Å². The lowest BCUT2D eigenvalue weighted by atomic mass is 10.2. The van der Waals surface area contributed by atoms with E-state index < -0.39 is 5.60 Å². The minimum Gasteiger partial charge on any atom is -0.444 e. The van der Waals surface area contributed by atoms with Crippen molar-refractivity contribution in [3.8, 4) is 0 Å². The molecule has 0 bridgehead atoms. The summed E-state index contributed by atoms with van der Waals surface area (Å²) in [6.45, 7) is 11.9. The summed E-state index contributed by atoms with van der Waals surface area (Å²) in [6.07, 6.45) is 1.58. The molecule has 1 aliphatic heterocycles. The third-order valence-electron chi connectivity index (χ3n) is 3.62. The summed E-state index contributed by atoms with van der Waals surface area (Å²) in [5, 5.41) is 0. The van der Waals surface area contributed by atoms with Gasteiger partial charge in [-0.1, -0.05) is 0 Å². The average molecular weight is 370 g/mol. The second kappa shape index (κ2) is 6.44. The Labute approximate surface area is 140 Å². The standard InChI is InChI=1S/C16H24BrN3O2/c1-11-6-7-18-14(13(11)17)19-8-9-20(12(2)10-19)15(21)22-16(3,4)5/h6-7,12H,8-10H2,1-5H3/t12-/m0/s1. The zero-order chi connectivity index (χ0) is 16.5. The Balaban J connectivity index is 2.07. The van der Waals surface area contributed by atoms with Crippen LogP contribution < -0.4 is 4.90 Å². The number of aryl methyl sites for hydroxylation is 1. The van der Waals surface area contributed by atoms with Crippen molar-refractivity contribution < 1.29 is 9.53 Å². The van der Waals surface area contributed by atoms with Crippen LogP contribution in [0.15, 0.2) is 16.7 Å². The first-order chi connectivity index (χ1) is 10.2. The van der Waals surface area contributed by atoms with E-state index in [1.807, 2.05) is 40.0 Å². The van der Waals surface area contributed by atoms with Gasteiger partial charge in [0.1, 0.15) is 11.4 Å². The minimum absolute atomic E-state index is 0.0813. The summed E-state index contributed by atoms with van der Waals surface area (Å²) >= 11 is 3.61. The van der Waals surface area contributed by atoms with Crippen LogP contribution in [0.1, 0.15) is 33.3 Å². The molecular formula is C16H24BrN3O2. The fraction of sp³-hybridized carbons (Fsp3) is 0.625. The predicted octanol–water partition coefficient (Wildman–Crippen LogP) is 3.60. The number of hydrogen-bond donors (Lipinski definition) is 0. The highest BCUT2D eigenvalue weighted by Crippen LogP contribution is 2.28. The highest BCUT2D eigenvalue weighted by atomic mass is 79.9. The number of nitrogens with zero attached hydrogens (tertiary/aromatic N) is 3. The first kappa shape index (κ1) is 17.1. The van der Waals surface area contributed by atoms with Crippen molar-refractivity contribution in [2.75, 3.05) is 24.5 Å². The molecule has 1 saturated heterocycles. The lowest BCUT2D eigenvalue weighted by Gasteiger charge is -2.41. The number of carbonyl (C=O) groups is 1. The molecule has 6 heteroatoms. The number of anilines is 1. The fourth-order valence-electron chi connectivity index (χ4n) is 2.49. The first-order valence-corrected chi connectivity index (χ1v) is 8.34. The van der Waals surface area contributed by atoms with Crippen molar-refractivity contribution in [3.05, 3.63) is 22.3 Å². The molecule has 1 fully saturated rings. The van der Waals surface area contributed by atoms with Gasteiger partial charge < -0.3 is 14.5 Å². The molecule has 122 valence electrons. The Kier molecular flexibility index (Phi) is 5.00. The van der Waals surface area contributed by atoms with Gasteiger partial charge in [-0.15, -0.1) is 0 Å². The third kappa shape index (κ3) is 3.91. The summed E-state index contributed by atoms with van der Waals surface area (Å²) in [5.74, 6) is 0.940. The maximum Gasteiger partial charge on any atom is 0.410 e. The second-order valence-electron chi connectivity index (χ2n) is 6.73. The predicted molar refractivity (Wildman–Crippen MR) is 91.3 cm³/mol. The van der Waals surface area contributed by atoms with E-state index in [1.165, 1.54) is 0 Å². The number of halogens is 1. The number of hydrogen-bond acceptors (Lipinski definition) is 4. The number of piperazine rings is 1. The van der Waals surface area contributed by atoms with Gasteiger partial charge in [0.15, 0.2) is 0 Å². The van der Waals surface area contributed by atoms with Crippen LogP contribution in [0, 0.1) is 6.92 Å². The third-order valence-corrected chi connectivity index (χ3v) is 4.60. The number of ether oxygens (including phenoxy) is 1. The van der Waals surface area contributed by atoms with E-state index in [9.17, 15) is 4.79 Å². The second-order valence-corrected chi connectivity index (χ2v) is 7.53. The van der Waals surface area contributed by atoms with E-state index in [2.05, 4.69) is 32.7 Å². The van der Waals surface area contributed by atoms with Crippen LogP contribution in [0.25, 0.3) is 0 Å². The quantitative estimate of drug-likeness (QED) is 0.758. The van der Waals surface area contributed by atoms with Gasteiger partial charge in [-0.05, 0) is 62.2 Å². The van der Waals surface area contributed by atoms with Gasteiger partial charge in [0.2, 0.25) is 0 Å². The number of rotatable bonds is 1. The molecule has 2 rings (SSSR count). The smallest absolute Gasteiger partial charge is 0.410 e. The Bertz CT molecular complexity index is 557. The van der Waals surface area contributed by atoms with Gasteiger partial charge in [-0.3, -0.25) is 0 Å². The SMILES string of the molecule is Cc1ccnc(N2CCN(C(=O)OC(C)(C)C)[C@@H](C)C2)c1Br. The molecule has 2 heterocycles. The van der Waals surface area contributed by atoms with Crippen LogP contribution >= 0.6 is 15.9 Å². The zero-order valence-corrected chi connectivity index (χ0v) is 15.5. The topological polar surface area (TPSA) is 45.7 Å². The van der Waals surface area contributed by atoms with Crippen LogP contribution in [0.3, 0.4) is 0 Å². The summed E-state index contributed by atoms with van der Waals surface area (Å²) in [4.78, 5) is 20.7. The molecular weight excluding hydrogens is 346 g/mol. The molecule has 1 amide bonds. The molecule has 1 aromatic heterocycles. The average Bonchev–Trinajstić information content (AvgIpc) is 2.39. The Hall–Kier alpha value is -1.30. The van der Waals surface area contributed by atoms with Crippen molar-refractivity contribution in [3.63, 3.8) is 0 Å². The summed E-state index contributed by atoms with van der Waals surface area (Å²) in [6, 6.07) is 2.06. The van der Waals surface area contributed by atoms with Crippen molar-refractivity contribution in [2.45, 2.75) is 46.3 Å². The molecule has 5 nitrogen and oxygen atoms in total. The molecule has 0 spiro atoms. The van der Waals surface area contributed by atoms with Crippen molar-refractivity contribution in [1.29, 1.82) is 0 Å². The van der Waals surface area contributed by atoms with Crippen molar-refractivity contribution in [1.82, 2.24) is 9.88 Å². The zero-order valence-electron chi connectivity index (χ0n) is 13.9. The van der Waals surface area contributed by atoms with Crippen LogP contribution in [-0.4, -0.2) is 47.3 Å². The van der Waals surface area contributed by atoms with Gasteiger partial charge in [0.05, 0.1) is 4.47 Å². The summed E-state index contributed by atoms with van der Waals surface area (Å²) < 4.78 is 6.50. The van der Waals surface area contributed by atoms with Crippen LogP contribution in [0.2, 0.25) is 0 Å². The Morgan fingerprint density at radius 2 is 2.09 bits per heavy atom. The van der Waals surface area contributed by atoms with Crippen LogP contribution in [-0.2, 0) is 4.74 Å². The van der Waals surface area contributed by atoms with E-state index in [1.54, 1.807) is 4.90 Å². The van der Waals surface area contributed by atoms with Gasteiger partial charge in [0, 0.05) is 31.9 Å². The van der Waals surface area contributed by atoms with Crippen molar-refractivity contribution >= 4 is 27.8 Å². The first-order valence-electron chi connectivity index (χ1n) is 7.54. The van der Waals surface area contributed by atoms with Gasteiger partial charge in [0.25, 0.3) is 0 Å². The van der Waals surface area contributed by atoms with E-state index in [0.29, 0.717) is 6.54 Å². The normalized spacial score (nSPS) is 19.3. The highest BCUT2D eigenvalue weighted by Gasteiger charge is 2.31. The van der Waals surface area contributed by atoms with Gasteiger partial charge in [-0.25, -0.2) is 9.78 Å². The molecule has 1 aliphatic rings. The van der Waals surface area contributed by atoms with Crippen LogP contribution in [0.4, 0.5) is 10.6 Å². The Morgan fingerprint density at radius 3 is 2.68 bits per heavy atom. The molecule has 0 radical (unpaired) electrons. The van der Waals surface area contributed by atoms with Crippen LogP contribution in [0.5, 0.6) is 0 Å². The van der Waals surface area contributed by atoms with E-state index >= 15 is 0 Å².